The van der Waals surface area contributed by atoms with Crippen LogP contribution >= 0.6 is 0 Å². The predicted octanol–water partition coefficient (Wildman–Crippen LogP) is 0.289. The summed E-state index contributed by atoms with van der Waals surface area (Å²) < 4.78 is 1.97. The van der Waals surface area contributed by atoms with Gasteiger partial charge in [0.15, 0.2) is 0 Å². The molecule has 1 heterocycles. The van der Waals surface area contributed by atoms with Gasteiger partial charge < -0.3 is 9.88 Å². The predicted molar refractivity (Wildman–Crippen MR) is 65.1 cm³/mol. The summed E-state index contributed by atoms with van der Waals surface area (Å²) in [6.45, 7) is 0.543. The Bertz CT molecular complexity index is 534. The van der Waals surface area contributed by atoms with Gasteiger partial charge in [-0.3, -0.25) is 5.43 Å². The summed E-state index contributed by atoms with van der Waals surface area (Å²) in [5.41, 5.74) is 5.22. The molecule has 1 aromatic heterocycles. The Hall–Kier alpha value is -2.08. The lowest BCUT2D eigenvalue weighted by molar-refractivity contribution is 0.241. The van der Waals surface area contributed by atoms with Crippen molar-refractivity contribution in [2.75, 3.05) is 6.54 Å². The highest BCUT2D eigenvalue weighted by Crippen LogP contribution is 2.13. The SMILES string of the molecule is Cn1cnc2cc(CCNC(=O)NN)ccc21. The van der Waals surface area contributed by atoms with Gasteiger partial charge in [-0.1, -0.05) is 6.07 Å². The second-order valence-corrected chi connectivity index (χ2v) is 3.83. The fraction of sp³-hybridized carbons (Fsp3) is 0.273. The summed E-state index contributed by atoms with van der Waals surface area (Å²) in [6, 6.07) is 5.72. The molecular formula is C11H15N5O. The summed E-state index contributed by atoms with van der Waals surface area (Å²) in [5, 5.41) is 2.63. The molecule has 2 rings (SSSR count). The van der Waals surface area contributed by atoms with Crippen LogP contribution < -0.4 is 16.6 Å². The molecule has 0 radical (unpaired) electrons. The summed E-state index contributed by atoms with van der Waals surface area (Å²) in [5.74, 6) is 4.95. The number of urea groups is 1. The Morgan fingerprint density at radius 3 is 3.12 bits per heavy atom. The van der Waals surface area contributed by atoms with Crippen LogP contribution in [0.3, 0.4) is 0 Å². The number of rotatable bonds is 3. The first kappa shape index (κ1) is 11.4. The van der Waals surface area contributed by atoms with Crippen LogP contribution in [0, 0.1) is 0 Å². The highest BCUT2D eigenvalue weighted by Gasteiger charge is 2.01. The van der Waals surface area contributed by atoms with Gasteiger partial charge in [0, 0.05) is 13.6 Å². The van der Waals surface area contributed by atoms with E-state index in [1.165, 1.54) is 0 Å². The lowest BCUT2D eigenvalue weighted by atomic mass is 10.1. The number of amides is 2. The van der Waals surface area contributed by atoms with Crippen molar-refractivity contribution < 1.29 is 4.79 Å². The fourth-order valence-electron chi connectivity index (χ4n) is 1.71. The van der Waals surface area contributed by atoms with E-state index in [2.05, 4.69) is 10.3 Å². The first-order chi connectivity index (χ1) is 8.20. The molecule has 17 heavy (non-hydrogen) atoms. The van der Waals surface area contributed by atoms with Gasteiger partial charge in [-0.15, -0.1) is 0 Å². The number of carbonyl (C=O) groups is 1. The molecule has 0 saturated heterocycles. The Kier molecular flexibility index (Phi) is 3.24. The van der Waals surface area contributed by atoms with Crippen LogP contribution in [0.25, 0.3) is 11.0 Å². The van der Waals surface area contributed by atoms with Crippen molar-refractivity contribution in [3.8, 4) is 0 Å². The zero-order chi connectivity index (χ0) is 12.3. The molecule has 0 aliphatic heterocycles. The van der Waals surface area contributed by atoms with Crippen LogP contribution in [0.15, 0.2) is 24.5 Å². The van der Waals surface area contributed by atoms with Gasteiger partial charge in [0.2, 0.25) is 0 Å². The molecule has 0 unspecified atom stereocenters. The smallest absolute Gasteiger partial charge is 0.328 e. The van der Waals surface area contributed by atoms with Crippen LogP contribution in [-0.4, -0.2) is 22.1 Å². The minimum atomic E-state index is -0.371. The van der Waals surface area contributed by atoms with Crippen molar-refractivity contribution >= 4 is 17.1 Å². The first-order valence-corrected chi connectivity index (χ1v) is 5.35. The standard InChI is InChI=1S/C11H15N5O/c1-16-7-14-9-6-8(2-3-10(9)16)4-5-13-11(17)15-12/h2-3,6-7H,4-5,12H2,1H3,(H2,13,15,17). The number of aromatic nitrogens is 2. The number of nitrogens with two attached hydrogens (primary N) is 1. The Balaban J connectivity index is 2.02. The summed E-state index contributed by atoms with van der Waals surface area (Å²) in [6.07, 6.45) is 2.54. The maximum Gasteiger partial charge on any atom is 0.328 e. The molecule has 2 amide bonds. The second-order valence-electron chi connectivity index (χ2n) is 3.83. The number of fused-ring (bicyclic) bond motifs is 1. The van der Waals surface area contributed by atoms with E-state index in [0.29, 0.717) is 6.54 Å². The average molecular weight is 233 g/mol. The topological polar surface area (TPSA) is 85.0 Å². The Morgan fingerprint density at radius 1 is 1.53 bits per heavy atom. The second kappa shape index (κ2) is 4.84. The minimum absolute atomic E-state index is 0.371. The number of nitrogens with one attached hydrogen (secondary N) is 2. The zero-order valence-corrected chi connectivity index (χ0v) is 9.60. The number of hydrazine groups is 1. The van der Waals surface area contributed by atoms with Crippen LogP contribution in [0.1, 0.15) is 5.56 Å². The van der Waals surface area contributed by atoms with Crippen molar-refractivity contribution in [1.29, 1.82) is 0 Å². The van der Waals surface area contributed by atoms with Crippen LogP contribution in [-0.2, 0) is 13.5 Å². The lowest BCUT2D eigenvalue weighted by Gasteiger charge is -2.04. The van der Waals surface area contributed by atoms with Gasteiger partial charge in [-0.25, -0.2) is 15.6 Å². The van der Waals surface area contributed by atoms with Gasteiger partial charge >= 0.3 is 6.03 Å². The third-order valence-electron chi connectivity index (χ3n) is 2.62. The molecule has 6 nitrogen and oxygen atoms in total. The number of imidazole rings is 1. The Labute approximate surface area is 98.8 Å². The van der Waals surface area contributed by atoms with E-state index in [1.807, 2.05) is 35.2 Å². The van der Waals surface area contributed by atoms with Gasteiger partial charge in [-0.2, -0.15) is 0 Å². The molecule has 6 heteroatoms. The molecule has 0 bridgehead atoms. The molecule has 0 atom stereocenters. The average Bonchev–Trinajstić information content (AvgIpc) is 2.70. The minimum Gasteiger partial charge on any atom is -0.337 e. The van der Waals surface area contributed by atoms with Gasteiger partial charge in [0.1, 0.15) is 0 Å². The third kappa shape index (κ3) is 2.54. The maximum atomic E-state index is 10.9. The molecule has 0 spiro atoms. The number of carbonyl (C=O) groups excluding carboxylic acids is 1. The molecule has 0 aliphatic carbocycles. The fourth-order valence-corrected chi connectivity index (χ4v) is 1.71. The number of benzene rings is 1. The molecule has 90 valence electrons. The summed E-state index contributed by atoms with van der Waals surface area (Å²) in [7, 11) is 1.96. The van der Waals surface area contributed by atoms with E-state index in [9.17, 15) is 4.79 Å². The molecular weight excluding hydrogens is 218 g/mol. The summed E-state index contributed by atoms with van der Waals surface area (Å²) >= 11 is 0. The maximum absolute atomic E-state index is 10.9. The molecule has 2 aromatic rings. The van der Waals surface area contributed by atoms with Crippen LogP contribution in [0.5, 0.6) is 0 Å². The number of aryl methyl sites for hydroxylation is 1. The quantitative estimate of drug-likeness (QED) is 0.404. The molecule has 0 fully saturated rings. The van der Waals surface area contributed by atoms with Crippen molar-refractivity contribution in [2.24, 2.45) is 12.9 Å². The van der Waals surface area contributed by atoms with Gasteiger partial charge in [0.25, 0.3) is 0 Å². The highest BCUT2D eigenvalue weighted by atomic mass is 16.2. The van der Waals surface area contributed by atoms with E-state index < -0.39 is 0 Å². The molecule has 4 N–H and O–H groups in total. The first-order valence-electron chi connectivity index (χ1n) is 5.35. The molecule has 1 aromatic carbocycles. The van der Waals surface area contributed by atoms with Crippen molar-refractivity contribution in [1.82, 2.24) is 20.3 Å². The largest absolute Gasteiger partial charge is 0.337 e. The number of nitrogens with zero attached hydrogens (tertiary/aromatic N) is 2. The van der Waals surface area contributed by atoms with Crippen molar-refractivity contribution in [3.05, 3.63) is 30.1 Å². The van der Waals surface area contributed by atoms with E-state index in [0.717, 1.165) is 23.0 Å². The monoisotopic (exact) mass is 233 g/mol. The van der Waals surface area contributed by atoms with E-state index in [-0.39, 0.29) is 6.03 Å². The van der Waals surface area contributed by atoms with Crippen molar-refractivity contribution in [2.45, 2.75) is 6.42 Å². The van der Waals surface area contributed by atoms with Gasteiger partial charge in [-0.05, 0) is 24.1 Å². The van der Waals surface area contributed by atoms with E-state index in [4.69, 9.17) is 5.84 Å². The Morgan fingerprint density at radius 2 is 2.35 bits per heavy atom. The van der Waals surface area contributed by atoms with Crippen molar-refractivity contribution in [3.63, 3.8) is 0 Å². The molecule has 0 aliphatic rings. The molecule has 0 saturated carbocycles. The summed E-state index contributed by atoms with van der Waals surface area (Å²) in [4.78, 5) is 15.1. The number of hydrogen-bond acceptors (Lipinski definition) is 3. The lowest BCUT2D eigenvalue weighted by Crippen LogP contribution is -2.40. The highest BCUT2D eigenvalue weighted by molar-refractivity contribution is 5.76. The normalized spacial score (nSPS) is 10.5. The number of hydrogen-bond donors (Lipinski definition) is 3. The third-order valence-corrected chi connectivity index (χ3v) is 2.62. The van der Waals surface area contributed by atoms with Crippen LogP contribution in [0.4, 0.5) is 4.79 Å². The van der Waals surface area contributed by atoms with Gasteiger partial charge in [0.05, 0.1) is 17.4 Å². The van der Waals surface area contributed by atoms with E-state index in [1.54, 1.807) is 6.33 Å². The zero-order valence-electron chi connectivity index (χ0n) is 9.60. The van der Waals surface area contributed by atoms with Crippen LogP contribution in [0.2, 0.25) is 0 Å². The van der Waals surface area contributed by atoms with E-state index >= 15 is 0 Å².